The van der Waals surface area contributed by atoms with Gasteiger partial charge in [-0.05, 0) is 11.6 Å². The lowest BCUT2D eigenvalue weighted by atomic mass is 9.83. The summed E-state index contributed by atoms with van der Waals surface area (Å²) in [6.07, 6.45) is 3.66. The van der Waals surface area contributed by atoms with Crippen molar-refractivity contribution in [3.63, 3.8) is 0 Å². The fourth-order valence-corrected chi connectivity index (χ4v) is 2.96. The molecule has 0 spiro atoms. The zero-order chi connectivity index (χ0) is 15.0. The molecule has 0 saturated carbocycles. The standard InChI is InChI=1S/C17H14N4O/c22-16-20-17(11-19-21-16,12-6-2-1-3-7-12)14-10-18-15-9-5-4-8-13(14)15/h1-11,18H,(H2,20,21,22)/t17-/m1/s1. The van der Waals surface area contributed by atoms with Crippen molar-refractivity contribution in [1.29, 1.82) is 0 Å². The van der Waals surface area contributed by atoms with Crippen molar-refractivity contribution >= 4 is 23.1 Å². The van der Waals surface area contributed by atoms with Gasteiger partial charge in [-0.3, -0.25) is 0 Å². The van der Waals surface area contributed by atoms with Crippen LogP contribution in [-0.4, -0.2) is 17.2 Å². The number of hydrazone groups is 1. The van der Waals surface area contributed by atoms with E-state index in [-0.39, 0.29) is 6.03 Å². The fraction of sp³-hybridized carbons (Fsp3) is 0.0588. The minimum absolute atomic E-state index is 0.323. The Morgan fingerprint density at radius 3 is 2.55 bits per heavy atom. The number of aromatic amines is 1. The van der Waals surface area contributed by atoms with E-state index in [1.54, 1.807) is 6.21 Å². The molecule has 1 atom stereocenters. The van der Waals surface area contributed by atoms with Crippen LogP contribution in [0.1, 0.15) is 11.1 Å². The molecule has 2 amide bonds. The Kier molecular flexibility index (Phi) is 2.72. The summed E-state index contributed by atoms with van der Waals surface area (Å²) in [5.74, 6) is 0. The van der Waals surface area contributed by atoms with Crippen LogP contribution in [0.4, 0.5) is 4.79 Å². The lowest BCUT2D eigenvalue weighted by Crippen LogP contribution is -2.54. The van der Waals surface area contributed by atoms with Crippen LogP contribution in [0, 0.1) is 0 Å². The normalized spacial score (nSPS) is 20.6. The van der Waals surface area contributed by atoms with Gasteiger partial charge in [0.2, 0.25) is 0 Å². The number of urea groups is 1. The van der Waals surface area contributed by atoms with Crippen molar-refractivity contribution < 1.29 is 4.79 Å². The third kappa shape index (κ3) is 1.79. The predicted octanol–water partition coefficient (Wildman–Crippen LogP) is 2.71. The van der Waals surface area contributed by atoms with Crippen molar-refractivity contribution in [3.8, 4) is 0 Å². The number of carbonyl (C=O) groups excluding carboxylic acids is 1. The van der Waals surface area contributed by atoms with Gasteiger partial charge >= 0.3 is 6.03 Å². The molecule has 5 heteroatoms. The molecule has 108 valence electrons. The molecule has 0 fully saturated rings. The second-order valence-electron chi connectivity index (χ2n) is 5.25. The molecule has 1 aliphatic heterocycles. The van der Waals surface area contributed by atoms with Crippen molar-refractivity contribution in [3.05, 3.63) is 71.9 Å². The second kappa shape index (κ2) is 4.73. The lowest BCUT2D eigenvalue weighted by Gasteiger charge is -2.33. The van der Waals surface area contributed by atoms with E-state index in [9.17, 15) is 4.79 Å². The first kappa shape index (κ1) is 12.6. The maximum atomic E-state index is 11.9. The Labute approximate surface area is 127 Å². The summed E-state index contributed by atoms with van der Waals surface area (Å²) < 4.78 is 0. The predicted molar refractivity (Wildman–Crippen MR) is 85.7 cm³/mol. The number of para-hydroxylation sites is 1. The van der Waals surface area contributed by atoms with E-state index in [2.05, 4.69) is 20.8 Å². The summed E-state index contributed by atoms with van der Waals surface area (Å²) in [5, 5.41) is 8.13. The van der Waals surface area contributed by atoms with Crippen LogP contribution in [-0.2, 0) is 5.54 Å². The van der Waals surface area contributed by atoms with Gasteiger partial charge in [0.15, 0.2) is 0 Å². The number of fused-ring (bicyclic) bond motifs is 1. The van der Waals surface area contributed by atoms with E-state index in [4.69, 9.17) is 0 Å². The largest absolute Gasteiger partial charge is 0.361 e. The van der Waals surface area contributed by atoms with Crippen LogP contribution in [0.2, 0.25) is 0 Å². The van der Waals surface area contributed by atoms with Crippen LogP contribution in [0.5, 0.6) is 0 Å². The van der Waals surface area contributed by atoms with Crippen molar-refractivity contribution in [2.45, 2.75) is 5.54 Å². The maximum Gasteiger partial charge on any atom is 0.336 e. The van der Waals surface area contributed by atoms with Crippen LogP contribution >= 0.6 is 0 Å². The van der Waals surface area contributed by atoms with E-state index in [1.807, 2.05) is 60.8 Å². The van der Waals surface area contributed by atoms with Gasteiger partial charge < -0.3 is 10.3 Å². The monoisotopic (exact) mass is 290 g/mol. The second-order valence-corrected chi connectivity index (χ2v) is 5.25. The Morgan fingerprint density at radius 1 is 0.955 bits per heavy atom. The van der Waals surface area contributed by atoms with Gasteiger partial charge in [-0.15, -0.1) is 0 Å². The number of carbonyl (C=O) groups is 1. The van der Waals surface area contributed by atoms with E-state index in [1.165, 1.54) is 0 Å². The molecule has 3 N–H and O–H groups in total. The SMILES string of the molecule is O=C1NN=C[C@@](c2ccccc2)(c2c[nH]c3ccccc23)N1. The molecule has 5 nitrogen and oxygen atoms in total. The zero-order valence-corrected chi connectivity index (χ0v) is 11.7. The first-order valence-electron chi connectivity index (χ1n) is 7.04. The number of aromatic nitrogens is 1. The van der Waals surface area contributed by atoms with Crippen molar-refractivity contribution in [2.24, 2.45) is 5.10 Å². The van der Waals surface area contributed by atoms with Gasteiger partial charge in [-0.1, -0.05) is 48.5 Å². The molecule has 4 rings (SSSR count). The summed E-state index contributed by atoms with van der Waals surface area (Å²) in [7, 11) is 0. The van der Waals surface area contributed by atoms with Gasteiger partial charge in [-0.25, -0.2) is 10.2 Å². The molecule has 3 aromatic rings. The van der Waals surface area contributed by atoms with Crippen LogP contribution in [0.15, 0.2) is 65.9 Å². The van der Waals surface area contributed by atoms with Crippen molar-refractivity contribution in [1.82, 2.24) is 15.7 Å². The van der Waals surface area contributed by atoms with E-state index in [0.717, 1.165) is 22.0 Å². The highest BCUT2D eigenvalue weighted by Gasteiger charge is 2.38. The van der Waals surface area contributed by atoms with Crippen LogP contribution < -0.4 is 10.7 Å². The average molecular weight is 290 g/mol. The number of hydrogen-bond donors (Lipinski definition) is 3. The Hall–Kier alpha value is -3.08. The Balaban J connectivity index is 2.01. The molecule has 0 bridgehead atoms. The third-order valence-corrected chi connectivity index (χ3v) is 3.98. The average Bonchev–Trinajstić information content (AvgIpc) is 3.00. The summed E-state index contributed by atoms with van der Waals surface area (Å²) in [6, 6.07) is 17.5. The molecule has 0 radical (unpaired) electrons. The van der Waals surface area contributed by atoms with Gasteiger partial charge in [0.1, 0.15) is 5.54 Å². The summed E-state index contributed by atoms with van der Waals surface area (Å²) in [4.78, 5) is 15.2. The van der Waals surface area contributed by atoms with Crippen LogP contribution in [0.3, 0.4) is 0 Å². The van der Waals surface area contributed by atoms with Gasteiger partial charge in [-0.2, -0.15) is 5.10 Å². The van der Waals surface area contributed by atoms with Crippen molar-refractivity contribution in [2.75, 3.05) is 0 Å². The first-order valence-corrected chi connectivity index (χ1v) is 7.04. The topological polar surface area (TPSA) is 69.3 Å². The lowest BCUT2D eigenvalue weighted by molar-refractivity contribution is 0.234. The number of hydrogen-bond acceptors (Lipinski definition) is 2. The first-order chi connectivity index (χ1) is 10.8. The number of nitrogens with one attached hydrogen (secondary N) is 3. The number of rotatable bonds is 2. The Bertz CT molecular complexity index is 869. The summed E-state index contributed by atoms with van der Waals surface area (Å²) in [6.45, 7) is 0. The molecular formula is C17H14N4O. The van der Waals surface area contributed by atoms with E-state index < -0.39 is 5.54 Å². The van der Waals surface area contributed by atoms with Gasteiger partial charge in [0, 0.05) is 22.7 Å². The highest BCUT2D eigenvalue weighted by Crippen LogP contribution is 2.34. The van der Waals surface area contributed by atoms with Gasteiger partial charge in [0.05, 0.1) is 6.21 Å². The number of benzene rings is 2. The molecule has 1 aliphatic rings. The zero-order valence-electron chi connectivity index (χ0n) is 11.7. The molecule has 1 aromatic heterocycles. The maximum absolute atomic E-state index is 11.9. The molecule has 0 unspecified atom stereocenters. The highest BCUT2D eigenvalue weighted by molar-refractivity contribution is 5.96. The quantitative estimate of drug-likeness (QED) is 0.667. The molecule has 2 aromatic carbocycles. The van der Waals surface area contributed by atoms with Crippen LogP contribution in [0.25, 0.3) is 10.9 Å². The molecule has 0 saturated heterocycles. The summed E-state index contributed by atoms with van der Waals surface area (Å²) >= 11 is 0. The smallest absolute Gasteiger partial charge is 0.336 e. The number of nitrogens with zero attached hydrogens (tertiary/aromatic N) is 1. The fourth-order valence-electron chi connectivity index (χ4n) is 2.96. The minimum Gasteiger partial charge on any atom is -0.361 e. The number of H-pyrrole nitrogens is 1. The van der Waals surface area contributed by atoms with E-state index >= 15 is 0 Å². The summed E-state index contributed by atoms with van der Waals surface area (Å²) in [5.41, 5.74) is 4.58. The minimum atomic E-state index is -0.788. The molecule has 22 heavy (non-hydrogen) atoms. The Morgan fingerprint density at radius 2 is 1.73 bits per heavy atom. The molecule has 2 heterocycles. The number of amides is 2. The molecular weight excluding hydrogens is 276 g/mol. The third-order valence-electron chi connectivity index (χ3n) is 3.98. The molecule has 0 aliphatic carbocycles. The van der Waals surface area contributed by atoms with Gasteiger partial charge in [0.25, 0.3) is 0 Å². The van der Waals surface area contributed by atoms with E-state index in [0.29, 0.717) is 0 Å². The highest BCUT2D eigenvalue weighted by atomic mass is 16.2.